The van der Waals surface area contributed by atoms with Gasteiger partial charge in [-0.2, -0.15) is 4.98 Å². The van der Waals surface area contributed by atoms with Gasteiger partial charge >= 0.3 is 5.97 Å². The molecule has 0 bridgehead atoms. The first-order chi connectivity index (χ1) is 9.95. The van der Waals surface area contributed by atoms with E-state index in [9.17, 15) is 9.59 Å². The van der Waals surface area contributed by atoms with E-state index in [1.165, 1.54) is 12.1 Å². The number of anilines is 1. The standard InChI is InChI=1S/C14H17N3O4/c1-8(2)16-12(18)5-6-15-14-17-10-4-3-9(13(19)20)7-11(10)21-14/h3-4,7-8H,5-6H2,1-2H3,(H,15,17)(H,16,18)(H,19,20). The molecule has 3 N–H and O–H groups in total. The summed E-state index contributed by atoms with van der Waals surface area (Å²) in [4.78, 5) is 26.5. The lowest BCUT2D eigenvalue weighted by Crippen LogP contribution is -2.31. The van der Waals surface area contributed by atoms with Crippen molar-refractivity contribution in [2.24, 2.45) is 0 Å². The minimum absolute atomic E-state index is 0.0539. The molecule has 0 spiro atoms. The topological polar surface area (TPSA) is 104 Å². The van der Waals surface area contributed by atoms with Gasteiger partial charge in [-0.25, -0.2) is 4.79 Å². The van der Waals surface area contributed by atoms with Crippen LogP contribution in [0.15, 0.2) is 22.6 Å². The summed E-state index contributed by atoms with van der Waals surface area (Å²) in [5.74, 6) is -1.07. The molecular formula is C14H17N3O4. The number of nitrogens with one attached hydrogen (secondary N) is 2. The van der Waals surface area contributed by atoms with E-state index >= 15 is 0 Å². The summed E-state index contributed by atoms with van der Waals surface area (Å²) < 4.78 is 5.40. The third kappa shape index (κ3) is 3.95. The van der Waals surface area contributed by atoms with Crippen LogP contribution in [0.4, 0.5) is 6.01 Å². The van der Waals surface area contributed by atoms with E-state index in [0.717, 1.165) is 0 Å². The van der Waals surface area contributed by atoms with E-state index in [4.69, 9.17) is 9.52 Å². The number of oxazole rings is 1. The predicted molar refractivity (Wildman–Crippen MR) is 77.4 cm³/mol. The summed E-state index contributed by atoms with van der Waals surface area (Å²) in [5, 5.41) is 14.6. The number of carboxylic acid groups (broad SMARTS) is 1. The summed E-state index contributed by atoms with van der Waals surface area (Å²) in [7, 11) is 0. The molecule has 112 valence electrons. The van der Waals surface area contributed by atoms with Crippen molar-refractivity contribution in [1.29, 1.82) is 0 Å². The maximum Gasteiger partial charge on any atom is 0.335 e. The van der Waals surface area contributed by atoms with Crippen molar-refractivity contribution >= 4 is 29.0 Å². The molecule has 21 heavy (non-hydrogen) atoms. The highest BCUT2D eigenvalue weighted by atomic mass is 16.4. The number of nitrogens with zero attached hydrogens (tertiary/aromatic N) is 1. The van der Waals surface area contributed by atoms with Crippen LogP contribution >= 0.6 is 0 Å². The molecule has 0 fully saturated rings. The molecule has 0 aliphatic rings. The average molecular weight is 291 g/mol. The quantitative estimate of drug-likeness (QED) is 0.750. The first-order valence-corrected chi connectivity index (χ1v) is 6.63. The molecule has 0 radical (unpaired) electrons. The minimum atomic E-state index is -1.02. The Labute approximate surface area is 121 Å². The fourth-order valence-electron chi connectivity index (χ4n) is 1.81. The van der Waals surface area contributed by atoms with Crippen LogP contribution in [0, 0.1) is 0 Å². The van der Waals surface area contributed by atoms with Gasteiger partial charge in [-0.15, -0.1) is 0 Å². The molecule has 0 saturated heterocycles. The number of carbonyl (C=O) groups is 2. The number of amides is 1. The summed E-state index contributed by atoms with van der Waals surface area (Å²) in [5.41, 5.74) is 1.10. The lowest BCUT2D eigenvalue weighted by atomic mass is 10.2. The highest BCUT2D eigenvalue weighted by molar-refractivity contribution is 5.92. The van der Waals surface area contributed by atoms with E-state index in [0.29, 0.717) is 24.1 Å². The molecule has 1 amide bonds. The Hall–Kier alpha value is -2.57. The van der Waals surface area contributed by atoms with E-state index in [1.807, 2.05) is 13.8 Å². The van der Waals surface area contributed by atoms with E-state index in [2.05, 4.69) is 15.6 Å². The third-order valence-corrected chi connectivity index (χ3v) is 2.71. The Balaban J connectivity index is 1.97. The number of hydrogen-bond donors (Lipinski definition) is 3. The predicted octanol–water partition coefficient (Wildman–Crippen LogP) is 1.85. The van der Waals surface area contributed by atoms with Gasteiger partial charge in [0.05, 0.1) is 5.56 Å². The molecule has 2 aromatic rings. The van der Waals surface area contributed by atoms with Gasteiger partial charge in [0.1, 0.15) is 5.52 Å². The van der Waals surface area contributed by atoms with Crippen LogP contribution < -0.4 is 10.6 Å². The zero-order valence-corrected chi connectivity index (χ0v) is 11.8. The SMILES string of the molecule is CC(C)NC(=O)CCNc1nc2ccc(C(=O)O)cc2o1. The molecule has 0 aliphatic heterocycles. The molecule has 0 unspecified atom stereocenters. The Morgan fingerprint density at radius 3 is 2.81 bits per heavy atom. The molecule has 7 nitrogen and oxygen atoms in total. The maximum absolute atomic E-state index is 11.5. The van der Waals surface area contributed by atoms with Crippen LogP contribution in [-0.4, -0.2) is 34.6 Å². The van der Waals surface area contributed by atoms with Crippen molar-refractivity contribution in [3.05, 3.63) is 23.8 Å². The molecule has 2 rings (SSSR count). The summed E-state index contributed by atoms with van der Waals surface area (Å²) >= 11 is 0. The van der Waals surface area contributed by atoms with Crippen LogP contribution in [0.25, 0.3) is 11.1 Å². The second-order valence-corrected chi connectivity index (χ2v) is 4.91. The lowest BCUT2D eigenvalue weighted by Gasteiger charge is -2.07. The zero-order valence-electron chi connectivity index (χ0n) is 11.8. The van der Waals surface area contributed by atoms with Gasteiger partial charge in [-0.3, -0.25) is 4.79 Å². The highest BCUT2D eigenvalue weighted by Crippen LogP contribution is 2.20. The Morgan fingerprint density at radius 2 is 2.14 bits per heavy atom. The van der Waals surface area contributed by atoms with Crippen LogP contribution in [0.1, 0.15) is 30.6 Å². The van der Waals surface area contributed by atoms with E-state index in [-0.39, 0.29) is 23.5 Å². The monoisotopic (exact) mass is 291 g/mol. The van der Waals surface area contributed by atoms with Crippen LogP contribution in [-0.2, 0) is 4.79 Å². The lowest BCUT2D eigenvalue weighted by molar-refractivity contribution is -0.121. The minimum Gasteiger partial charge on any atom is -0.478 e. The van der Waals surface area contributed by atoms with Crippen LogP contribution in [0.3, 0.4) is 0 Å². The summed E-state index contributed by atoms with van der Waals surface area (Å²) in [6.45, 7) is 4.18. The van der Waals surface area contributed by atoms with Gasteiger partial charge in [0.25, 0.3) is 6.01 Å². The summed E-state index contributed by atoms with van der Waals surface area (Å²) in [6.07, 6.45) is 0.303. The molecule has 1 aromatic carbocycles. The number of benzene rings is 1. The van der Waals surface area contributed by atoms with Crippen molar-refractivity contribution in [3.63, 3.8) is 0 Å². The Bertz CT molecular complexity index is 663. The van der Waals surface area contributed by atoms with Gasteiger partial charge in [-0.05, 0) is 32.0 Å². The number of fused-ring (bicyclic) bond motifs is 1. The summed E-state index contributed by atoms with van der Waals surface area (Å²) in [6, 6.07) is 4.84. The average Bonchev–Trinajstić information content (AvgIpc) is 2.79. The second-order valence-electron chi connectivity index (χ2n) is 4.91. The number of rotatable bonds is 6. The van der Waals surface area contributed by atoms with E-state index < -0.39 is 5.97 Å². The van der Waals surface area contributed by atoms with Gasteiger partial charge in [0.15, 0.2) is 5.58 Å². The first-order valence-electron chi connectivity index (χ1n) is 6.63. The van der Waals surface area contributed by atoms with Crippen molar-refractivity contribution in [2.45, 2.75) is 26.3 Å². The smallest absolute Gasteiger partial charge is 0.335 e. The Morgan fingerprint density at radius 1 is 1.38 bits per heavy atom. The number of carboxylic acids is 1. The van der Waals surface area contributed by atoms with Crippen molar-refractivity contribution in [1.82, 2.24) is 10.3 Å². The fraction of sp³-hybridized carbons (Fsp3) is 0.357. The third-order valence-electron chi connectivity index (χ3n) is 2.71. The molecule has 7 heteroatoms. The van der Waals surface area contributed by atoms with Crippen molar-refractivity contribution in [2.75, 3.05) is 11.9 Å². The largest absolute Gasteiger partial charge is 0.478 e. The number of carbonyl (C=O) groups excluding carboxylic acids is 1. The highest BCUT2D eigenvalue weighted by Gasteiger charge is 2.10. The van der Waals surface area contributed by atoms with Crippen LogP contribution in [0.5, 0.6) is 0 Å². The molecular weight excluding hydrogens is 274 g/mol. The second kappa shape index (κ2) is 6.25. The molecule has 1 aromatic heterocycles. The van der Waals surface area contributed by atoms with Crippen molar-refractivity contribution < 1.29 is 19.1 Å². The van der Waals surface area contributed by atoms with Gasteiger partial charge < -0.3 is 20.2 Å². The molecule has 1 heterocycles. The number of hydrogen-bond acceptors (Lipinski definition) is 5. The zero-order chi connectivity index (χ0) is 15.4. The fourth-order valence-corrected chi connectivity index (χ4v) is 1.81. The molecule has 0 atom stereocenters. The van der Waals surface area contributed by atoms with E-state index in [1.54, 1.807) is 6.07 Å². The normalized spacial score (nSPS) is 10.8. The number of aromatic carboxylic acids is 1. The van der Waals surface area contributed by atoms with Gasteiger partial charge in [-0.1, -0.05) is 0 Å². The number of aromatic nitrogens is 1. The molecule has 0 saturated carbocycles. The van der Waals surface area contributed by atoms with Gasteiger partial charge in [0.2, 0.25) is 5.91 Å². The van der Waals surface area contributed by atoms with Crippen LogP contribution in [0.2, 0.25) is 0 Å². The van der Waals surface area contributed by atoms with Crippen molar-refractivity contribution in [3.8, 4) is 0 Å². The Kier molecular flexibility index (Phi) is 4.42. The maximum atomic E-state index is 11.5. The van der Waals surface area contributed by atoms with Gasteiger partial charge in [0, 0.05) is 19.0 Å². The molecule has 0 aliphatic carbocycles. The first kappa shape index (κ1) is 14.8.